The number of alkyl halides is 2. The summed E-state index contributed by atoms with van der Waals surface area (Å²) in [6, 6.07) is 9.28. The molecule has 162 valence electrons. The van der Waals surface area contributed by atoms with Crippen molar-refractivity contribution in [3.05, 3.63) is 53.1 Å². The lowest BCUT2D eigenvalue weighted by Gasteiger charge is -2.13. The summed E-state index contributed by atoms with van der Waals surface area (Å²) in [5.41, 5.74) is 0.238. The van der Waals surface area contributed by atoms with Gasteiger partial charge >= 0.3 is 5.97 Å². The highest BCUT2D eigenvalue weighted by Gasteiger charge is 2.23. The second kappa shape index (κ2) is 10.2. The molecule has 0 aliphatic carbocycles. The highest BCUT2D eigenvalue weighted by Crippen LogP contribution is 2.26. The Morgan fingerprint density at radius 2 is 1.80 bits per heavy atom. The van der Waals surface area contributed by atoms with E-state index < -0.39 is 34.3 Å². The van der Waals surface area contributed by atoms with Crippen molar-refractivity contribution in [3.8, 4) is 0 Å². The van der Waals surface area contributed by atoms with Gasteiger partial charge in [0.25, 0.3) is 11.7 Å². The molecule has 0 saturated carbocycles. The van der Waals surface area contributed by atoms with Gasteiger partial charge < -0.3 is 10.1 Å². The van der Waals surface area contributed by atoms with Gasteiger partial charge in [0, 0.05) is 24.7 Å². The molecule has 1 amide bonds. The van der Waals surface area contributed by atoms with Crippen LogP contribution in [0.15, 0.2) is 52.3 Å². The Kier molecular flexibility index (Phi) is 8.18. The molecule has 12 heteroatoms. The Morgan fingerprint density at radius 3 is 2.37 bits per heavy atom. The molecule has 2 aromatic rings. The van der Waals surface area contributed by atoms with E-state index in [9.17, 15) is 26.8 Å². The summed E-state index contributed by atoms with van der Waals surface area (Å²) in [6.45, 7) is -0.634. The molecule has 0 heterocycles. The van der Waals surface area contributed by atoms with E-state index in [0.29, 0.717) is 22.3 Å². The van der Waals surface area contributed by atoms with Gasteiger partial charge in [-0.3, -0.25) is 4.79 Å². The van der Waals surface area contributed by atoms with E-state index in [1.54, 1.807) is 0 Å². The number of halogens is 3. The number of hydrogen-bond donors (Lipinski definition) is 1. The maximum Gasteiger partial charge on any atom is 0.338 e. The molecule has 0 aromatic heterocycles. The Morgan fingerprint density at radius 1 is 1.17 bits per heavy atom. The quantitative estimate of drug-likeness (QED) is 0.459. The third kappa shape index (κ3) is 6.39. The summed E-state index contributed by atoms with van der Waals surface area (Å²) in [5.74, 6) is -4.13. The van der Waals surface area contributed by atoms with Crippen LogP contribution in [-0.2, 0) is 19.6 Å². The molecule has 0 aliphatic rings. The zero-order chi connectivity index (χ0) is 22.5. The molecule has 0 atom stereocenters. The van der Waals surface area contributed by atoms with Crippen LogP contribution >= 0.6 is 23.4 Å². The van der Waals surface area contributed by atoms with Crippen molar-refractivity contribution < 1.29 is 31.5 Å². The van der Waals surface area contributed by atoms with Crippen molar-refractivity contribution in [2.24, 2.45) is 0 Å². The lowest BCUT2D eigenvalue weighted by atomic mass is 10.2. The number of ether oxygens (including phenoxy) is 1. The van der Waals surface area contributed by atoms with E-state index in [1.807, 2.05) is 0 Å². The van der Waals surface area contributed by atoms with Crippen LogP contribution in [0.3, 0.4) is 0 Å². The number of anilines is 1. The number of benzene rings is 2. The van der Waals surface area contributed by atoms with Gasteiger partial charge in [0.05, 0.1) is 10.6 Å². The predicted octanol–water partition coefficient (Wildman–Crippen LogP) is 3.70. The minimum atomic E-state index is -3.88. The Labute approximate surface area is 181 Å². The van der Waals surface area contributed by atoms with Crippen LogP contribution in [0.4, 0.5) is 14.5 Å². The fraction of sp³-hybridized carbons (Fsp3) is 0.222. The lowest BCUT2D eigenvalue weighted by Crippen LogP contribution is -2.23. The average molecular weight is 479 g/mol. The third-order valence-electron chi connectivity index (χ3n) is 3.62. The second-order valence-corrected chi connectivity index (χ2v) is 9.55. The minimum Gasteiger partial charge on any atom is -0.452 e. The first kappa shape index (κ1) is 24.1. The number of carbonyl (C=O) groups excluding carboxylic acids is 2. The van der Waals surface area contributed by atoms with Crippen LogP contribution in [-0.4, -0.2) is 51.1 Å². The van der Waals surface area contributed by atoms with Gasteiger partial charge in [-0.1, -0.05) is 23.4 Å². The third-order valence-corrected chi connectivity index (χ3v) is 6.64. The molecular formula is C18H17ClF2N2O5S2. The fourth-order valence-electron chi connectivity index (χ4n) is 2.16. The van der Waals surface area contributed by atoms with E-state index in [0.717, 1.165) is 10.4 Å². The van der Waals surface area contributed by atoms with Crippen LogP contribution in [0, 0.1) is 0 Å². The lowest BCUT2D eigenvalue weighted by molar-refractivity contribution is -0.119. The predicted molar refractivity (Wildman–Crippen MR) is 110 cm³/mol. The summed E-state index contributed by atoms with van der Waals surface area (Å²) in [7, 11) is -1.24. The van der Waals surface area contributed by atoms with Crippen LogP contribution in [0.2, 0.25) is 5.02 Å². The summed E-state index contributed by atoms with van der Waals surface area (Å²) < 4.78 is 55.0. The number of amides is 1. The first-order valence-electron chi connectivity index (χ1n) is 8.24. The maximum atomic E-state index is 12.3. The van der Waals surface area contributed by atoms with Gasteiger partial charge in [0.2, 0.25) is 10.0 Å². The highest BCUT2D eigenvalue weighted by atomic mass is 35.5. The van der Waals surface area contributed by atoms with E-state index in [2.05, 4.69) is 5.32 Å². The molecular weight excluding hydrogens is 462 g/mol. The largest absolute Gasteiger partial charge is 0.452 e. The average Bonchev–Trinajstić information content (AvgIpc) is 2.67. The van der Waals surface area contributed by atoms with Crippen LogP contribution in [0.1, 0.15) is 10.4 Å². The zero-order valence-electron chi connectivity index (χ0n) is 15.8. The standard InChI is InChI=1S/C18H17ClF2N2O5S2/c1-23(2)30(26,27)15-9-11(3-8-14(15)19)17(25)28-10-16(24)22-12-4-6-13(7-5-12)29-18(20)21/h3-9,18H,10H2,1-2H3,(H,22,24). The molecule has 0 fully saturated rings. The van der Waals surface area contributed by atoms with Gasteiger partial charge in [0.15, 0.2) is 6.61 Å². The normalized spacial score (nSPS) is 11.6. The van der Waals surface area contributed by atoms with E-state index in [1.165, 1.54) is 50.5 Å². The molecule has 0 aliphatic heterocycles. The molecule has 0 unspecified atom stereocenters. The first-order valence-corrected chi connectivity index (χ1v) is 10.9. The van der Waals surface area contributed by atoms with Crippen molar-refractivity contribution in [3.63, 3.8) is 0 Å². The molecule has 2 aromatic carbocycles. The fourth-order valence-corrected chi connectivity index (χ4v) is 4.05. The molecule has 0 spiro atoms. The van der Waals surface area contributed by atoms with Crippen LogP contribution < -0.4 is 5.32 Å². The minimum absolute atomic E-state index is 0.0635. The highest BCUT2D eigenvalue weighted by molar-refractivity contribution is 7.99. The smallest absolute Gasteiger partial charge is 0.338 e. The number of hydrogen-bond acceptors (Lipinski definition) is 6. The number of rotatable bonds is 8. The number of thioether (sulfide) groups is 1. The van der Waals surface area contributed by atoms with Gasteiger partial charge in [-0.25, -0.2) is 17.5 Å². The topological polar surface area (TPSA) is 92.8 Å². The van der Waals surface area contributed by atoms with Gasteiger partial charge in [0.1, 0.15) is 4.90 Å². The summed E-state index contributed by atoms with van der Waals surface area (Å²) in [4.78, 5) is 24.2. The van der Waals surface area contributed by atoms with Gasteiger partial charge in [-0.15, -0.1) is 0 Å². The number of carbonyl (C=O) groups is 2. The van der Waals surface area contributed by atoms with E-state index in [-0.39, 0.29) is 15.5 Å². The molecule has 0 bridgehead atoms. The van der Waals surface area contributed by atoms with Gasteiger partial charge in [-0.05, 0) is 42.5 Å². The Balaban J connectivity index is 1.99. The molecule has 30 heavy (non-hydrogen) atoms. The molecule has 1 N–H and O–H groups in total. The van der Waals surface area contributed by atoms with Crippen molar-refractivity contribution in [2.75, 3.05) is 26.0 Å². The van der Waals surface area contributed by atoms with Gasteiger partial charge in [-0.2, -0.15) is 8.78 Å². The molecule has 7 nitrogen and oxygen atoms in total. The van der Waals surface area contributed by atoms with E-state index in [4.69, 9.17) is 16.3 Å². The Bertz CT molecular complexity index is 1030. The number of sulfonamides is 1. The SMILES string of the molecule is CN(C)S(=O)(=O)c1cc(C(=O)OCC(=O)Nc2ccc(SC(F)F)cc2)ccc1Cl. The summed E-state index contributed by atoms with van der Waals surface area (Å²) in [5, 5.41) is 2.39. The molecule has 0 saturated heterocycles. The van der Waals surface area contributed by atoms with Crippen molar-refractivity contribution in [1.29, 1.82) is 0 Å². The zero-order valence-corrected chi connectivity index (χ0v) is 18.2. The second-order valence-electron chi connectivity index (χ2n) is 5.96. The number of nitrogens with zero attached hydrogens (tertiary/aromatic N) is 1. The first-order chi connectivity index (χ1) is 14.0. The maximum absolute atomic E-state index is 12.3. The summed E-state index contributed by atoms with van der Waals surface area (Å²) >= 11 is 6.29. The molecule has 2 rings (SSSR count). The van der Waals surface area contributed by atoms with Crippen LogP contribution in [0.5, 0.6) is 0 Å². The molecule has 0 radical (unpaired) electrons. The van der Waals surface area contributed by atoms with Crippen LogP contribution in [0.25, 0.3) is 0 Å². The summed E-state index contributed by atoms with van der Waals surface area (Å²) in [6.07, 6.45) is 0. The van der Waals surface area contributed by atoms with Crippen molar-refractivity contribution in [1.82, 2.24) is 4.31 Å². The number of esters is 1. The van der Waals surface area contributed by atoms with E-state index >= 15 is 0 Å². The Hall–Kier alpha value is -2.21. The number of nitrogens with one attached hydrogen (secondary N) is 1. The monoisotopic (exact) mass is 478 g/mol. The van der Waals surface area contributed by atoms with Crippen molar-refractivity contribution in [2.45, 2.75) is 15.5 Å². The van der Waals surface area contributed by atoms with Crippen molar-refractivity contribution >= 4 is 50.9 Å².